The lowest BCUT2D eigenvalue weighted by molar-refractivity contribution is 0.101. The van der Waals surface area contributed by atoms with Crippen molar-refractivity contribution in [1.29, 1.82) is 0 Å². The zero-order chi connectivity index (χ0) is 11.0. The first-order valence-corrected chi connectivity index (χ1v) is 4.90. The summed E-state index contributed by atoms with van der Waals surface area (Å²) >= 11 is 5.86. The first-order valence-electron chi connectivity index (χ1n) is 4.53. The third-order valence-electron chi connectivity index (χ3n) is 2.19. The third-order valence-corrected chi connectivity index (χ3v) is 2.55. The molecular formula is C11H9ClN2O. The van der Waals surface area contributed by atoms with Gasteiger partial charge < -0.3 is 0 Å². The molecule has 0 radical (unpaired) electrons. The topological polar surface area (TPSA) is 42.9 Å². The monoisotopic (exact) mass is 220 g/mol. The Balaban J connectivity index is 2.72. The zero-order valence-electron chi connectivity index (χ0n) is 8.41. The minimum atomic E-state index is 0.00963. The summed E-state index contributed by atoms with van der Waals surface area (Å²) in [5, 5.41) is 0.378. The molecule has 0 amide bonds. The minimum Gasteiger partial charge on any atom is -0.295 e. The quantitative estimate of drug-likeness (QED) is 0.694. The molecule has 0 bridgehead atoms. The van der Waals surface area contributed by atoms with Crippen LogP contribution in [0.1, 0.15) is 23.0 Å². The number of rotatable bonds is 1. The Labute approximate surface area is 92.1 Å². The van der Waals surface area contributed by atoms with Crippen LogP contribution in [-0.4, -0.2) is 15.8 Å². The molecule has 2 rings (SSSR count). The summed E-state index contributed by atoms with van der Waals surface area (Å²) in [6.45, 7) is 3.32. The minimum absolute atomic E-state index is 0.00963. The Hall–Kier alpha value is -1.48. The zero-order valence-corrected chi connectivity index (χ0v) is 9.17. The molecule has 3 nitrogen and oxygen atoms in total. The molecule has 1 aromatic carbocycles. The molecule has 1 aromatic heterocycles. The molecule has 0 unspecified atom stereocenters. The van der Waals surface area contributed by atoms with Crippen molar-refractivity contribution in [2.45, 2.75) is 13.8 Å². The molecule has 0 aliphatic carbocycles. The third kappa shape index (κ3) is 1.83. The molecule has 4 heteroatoms. The van der Waals surface area contributed by atoms with Crippen molar-refractivity contribution in [2.24, 2.45) is 0 Å². The van der Waals surface area contributed by atoms with Crippen molar-refractivity contribution in [3.8, 4) is 0 Å². The number of fused-ring (bicyclic) bond motifs is 1. The highest BCUT2D eigenvalue weighted by molar-refractivity contribution is 6.30. The number of carbonyl (C=O) groups is 1. The van der Waals surface area contributed by atoms with Gasteiger partial charge in [-0.2, -0.15) is 0 Å². The van der Waals surface area contributed by atoms with E-state index in [4.69, 9.17) is 11.6 Å². The number of aryl methyl sites for hydroxylation is 1. The van der Waals surface area contributed by atoms with E-state index < -0.39 is 0 Å². The highest BCUT2D eigenvalue weighted by Crippen LogP contribution is 2.17. The first kappa shape index (κ1) is 10.1. The molecule has 0 spiro atoms. The van der Waals surface area contributed by atoms with Crippen LogP contribution in [0.4, 0.5) is 0 Å². The van der Waals surface area contributed by atoms with Crippen LogP contribution in [0.15, 0.2) is 18.2 Å². The Morgan fingerprint density at radius 3 is 2.67 bits per heavy atom. The maximum Gasteiger partial charge on any atom is 0.159 e. The van der Waals surface area contributed by atoms with E-state index in [1.807, 2.05) is 0 Å². The molecule has 0 atom stereocenters. The fourth-order valence-electron chi connectivity index (χ4n) is 1.34. The van der Waals surface area contributed by atoms with Gasteiger partial charge >= 0.3 is 0 Å². The number of ketones is 1. The second-order valence-corrected chi connectivity index (χ2v) is 3.72. The van der Waals surface area contributed by atoms with Crippen LogP contribution in [0.3, 0.4) is 0 Å². The van der Waals surface area contributed by atoms with E-state index in [0.29, 0.717) is 21.9 Å². The Morgan fingerprint density at radius 1 is 1.27 bits per heavy atom. The second-order valence-electron chi connectivity index (χ2n) is 3.36. The van der Waals surface area contributed by atoms with Gasteiger partial charge in [0.1, 0.15) is 0 Å². The van der Waals surface area contributed by atoms with Crippen LogP contribution in [0.25, 0.3) is 11.0 Å². The largest absolute Gasteiger partial charge is 0.295 e. The van der Waals surface area contributed by atoms with Gasteiger partial charge in [0.05, 0.1) is 16.7 Å². The molecule has 1 heterocycles. The van der Waals surface area contributed by atoms with Gasteiger partial charge in [-0.1, -0.05) is 11.6 Å². The van der Waals surface area contributed by atoms with Crippen LogP contribution in [0.5, 0.6) is 0 Å². The summed E-state index contributed by atoms with van der Waals surface area (Å²) in [6, 6.07) is 5.23. The maximum absolute atomic E-state index is 11.2. The number of carbonyl (C=O) groups excluding carboxylic acids is 1. The molecule has 76 valence electrons. The van der Waals surface area contributed by atoms with Crippen molar-refractivity contribution in [3.05, 3.63) is 34.6 Å². The van der Waals surface area contributed by atoms with Crippen LogP contribution >= 0.6 is 11.6 Å². The van der Waals surface area contributed by atoms with E-state index in [0.717, 1.165) is 5.52 Å². The standard InChI is InChI=1S/C11H9ClN2O/c1-6-11(12)14-10-5-8(7(2)15)3-4-9(10)13-6/h3-5H,1-2H3. The molecular weight excluding hydrogens is 212 g/mol. The number of aromatic nitrogens is 2. The Morgan fingerprint density at radius 2 is 2.00 bits per heavy atom. The number of hydrogen-bond donors (Lipinski definition) is 0. The number of halogens is 1. The van der Waals surface area contributed by atoms with Crippen LogP contribution in [0, 0.1) is 6.92 Å². The van der Waals surface area contributed by atoms with E-state index in [-0.39, 0.29) is 5.78 Å². The van der Waals surface area contributed by atoms with Crippen molar-refractivity contribution < 1.29 is 4.79 Å². The fourth-order valence-corrected chi connectivity index (χ4v) is 1.47. The molecule has 2 aromatic rings. The second kappa shape index (κ2) is 3.59. The number of nitrogens with zero attached hydrogens (tertiary/aromatic N) is 2. The molecule has 15 heavy (non-hydrogen) atoms. The van der Waals surface area contributed by atoms with Gasteiger partial charge in [-0.25, -0.2) is 9.97 Å². The molecule has 0 aliphatic rings. The number of hydrogen-bond acceptors (Lipinski definition) is 3. The first-order chi connectivity index (χ1) is 7.08. The average Bonchev–Trinajstić information content (AvgIpc) is 2.19. The maximum atomic E-state index is 11.2. The Kier molecular flexibility index (Phi) is 2.40. The van der Waals surface area contributed by atoms with Crippen molar-refractivity contribution in [2.75, 3.05) is 0 Å². The highest BCUT2D eigenvalue weighted by atomic mass is 35.5. The number of benzene rings is 1. The van der Waals surface area contributed by atoms with E-state index in [1.165, 1.54) is 6.92 Å². The van der Waals surface area contributed by atoms with Crippen molar-refractivity contribution in [3.63, 3.8) is 0 Å². The van der Waals surface area contributed by atoms with Crippen LogP contribution in [0.2, 0.25) is 5.15 Å². The predicted octanol–water partition coefficient (Wildman–Crippen LogP) is 2.79. The van der Waals surface area contributed by atoms with E-state index in [9.17, 15) is 4.79 Å². The Bertz CT molecular complexity index is 552. The van der Waals surface area contributed by atoms with Crippen molar-refractivity contribution in [1.82, 2.24) is 9.97 Å². The predicted molar refractivity (Wildman–Crippen MR) is 59.3 cm³/mol. The van der Waals surface area contributed by atoms with Gasteiger partial charge in [0.15, 0.2) is 10.9 Å². The van der Waals surface area contributed by atoms with E-state index in [2.05, 4.69) is 9.97 Å². The molecule has 0 saturated heterocycles. The molecule has 0 aliphatic heterocycles. The average molecular weight is 221 g/mol. The van der Waals surface area contributed by atoms with Gasteiger partial charge in [0.25, 0.3) is 0 Å². The summed E-state index contributed by atoms with van der Waals surface area (Å²) in [5.74, 6) is 0.00963. The van der Waals surface area contributed by atoms with Gasteiger partial charge in [0.2, 0.25) is 0 Å². The summed E-state index contributed by atoms with van der Waals surface area (Å²) < 4.78 is 0. The lowest BCUT2D eigenvalue weighted by Gasteiger charge is -2.02. The fraction of sp³-hybridized carbons (Fsp3) is 0.182. The lowest BCUT2D eigenvalue weighted by Crippen LogP contribution is -1.95. The smallest absolute Gasteiger partial charge is 0.159 e. The highest BCUT2D eigenvalue weighted by Gasteiger charge is 2.05. The van der Waals surface area contributed by atoms with E-state index >= 15 is 0 Å². The molecule has 0 saturated carbocycles. The molecule has 0 N–H and O–H groups in total. The summed E-state index contributed by atoms with van der Waals surface area (Å²) in [7, 11) is 0. The normalized spacial score (nSPS) is 10.6. The van der Waals surface area contributed by atoms with Gasteiger partial charge in [-0.05, 0) is 32.0 Å². The van der Waals surface area contributed by atoms with Crippen LogP contribution in [-0.2, 0) is 0 Å². The number of Topliss-reactive ketones (excluding diaryl/α,β-unsaturated/α-hetero) is 1. The summed E-state index contributed by atoms with van der Waals surface area (Å²) in [5.41, 5.74) is 2.72. The summed E-state index contributed by atoms with van der Waals surface area (Å²) in [6.07, 6.45) is 0. The van der Waals surface area contributed by atoms with Crippen molar-refractivity contribution >= 4 is 28.4 Å². The van der Waals surface area contributed by atoms with Crippen LogP contribution < -0.4 is 0 Å². The SMILES string of the molecule is CC(=O)c1ccc2nc(C)c(Cl)nc2c1. The molecule has 0 fully saturated rings. The van der Waals surface area contributed by atoms with Gasteiger partial charge in [-0.3, -0.25) is 4.79 Å². The van der Waals surface area contributed by atoms with Gasteiger partial charge in [-0.15, -0.1) is 0 Å². The van der Waals surface area contributed by atoms with Gasteiger partial charge in [0, 0.05) is 5.56 Å². The lowest BCUT2D eigenvalue weighted by atomic mass is 10.1. The summed E-state index contributed by atoms with van der Waals surface area (Å²) in [4.78, 5) is 19.6. The van der Waals surface area contributed by atoms with E-state index in [1.54, 1.807) is 25.1 Å².